The highest BCUT2D eigenvalue weighted by atomic mass is 16.5. The van der Waals surface area contributed by atoms with Gasteiger partial charge < -0.3 is 10.1 Å². The Hall–Kier alpha value is -2.82. The maximum absolute atomic E-state index is 11.2. The van der Waals surface area contributed by atoms with E-state index in [9.17, 15) is 4.79 Å². The predicted octanol–water partition coefficient (Wildman–Crippen LogP) is 4.36. The number of aromatic nitrogens is 2. The van der Waals surface area contributed by atoms with Crippen molar-refractivity contribution in [3.8, 4) is 5.75 Å². The summed E-state index contributed by atoms with van der Waals surface area (Å²) in [4.78, 5) is 11.2. The molecule has 5 heteroatoms. The third kappa shape index (κ3) is 3.56. The third-order valence-corrected chi connectivity index (χ3v) is 3.81. The zero-order valence-corrected chi connectivity index (χ0v) is 14.2. The molecule has 124 valence electrons. The molecule has 1 heterocycles. The molecular formula is C19H21N3O2. The van der Waals surface area contributed by atoms with Crippen LogP contribution in [0.3, 0.4) is 0 Å². The van der Waals surface area contributed by atoms with Crippen molar-refractivity contribution in [3.05, 3.63) is 53.8 Å². The predicted molar refractivity (Wildman–Crippen MR) is 95.4 cm³/mol. The Bertz CT molecular complexity index is 808. The van der Waals surface area contributed by atoms with Crippen molar-refractivity contribution in [2.45, 2.75) is 33.6 Å². The highest BCUT2D eigenvalue weighted by Gasteiger charge is 2.10. The average molecular weight is 323 g/mol. The number of hydrogen-bond donors (Lipinski definition) is 1. The van der Waals surface area contributed by atoms with Gasteiger partial charge in [0.05, 0.1) is 5.70 Å². The van der Waals surface area contributed by atoms with Crippen LogP contribution in [-0.4, -0.2) is 15.7 Å². The molecule has 0 unspecified atom stereocenters. The zero-order chi connectivity index (χ0) is 17.1. The molecule has 0 saturated heterocycles. The summed E-state index contributed by atoms with van der Waals surface area (Å²) in [5.74, 6) is 1.08. The Kier molecular flexibility index (Phi) is 4.51. The SMILES string of the molecule is CC(=O)Oc1c(C)cc(Nc2ccn(C3=CCCC=C3)n2)cc1C. The number of hydrogen-bond acceptors (Lipinski definition) is 4. The lowest BCUT2D eigenvalue weighted by Gasteiger charge is -2.12. The van der Waals surface area contributed by atoms with Crippen molar-refractivity contribution >= 4 is 23.2 Å². The first kappa shape index (κ1) is 16.1. The fourth-order valence-corrected chi connectivity index (χ4v) is 2.78. The number of carbonyl (C=O) groups is 1. The highest BCUT2D eigenvalue weighted by molar-refractivity contribution is 5.72. The Morgan fingerprint density at radius 2 is 2.00 bits per heavy atom. The number of allylic oxidation sites excluding steroid dienone is 4. The van der Waals surface area contributed by atoms with Crippen molar-refractivity contribution in [1.82, 2.24) is 9.78 Å². The first-order valence-electron chi connectivity index (χ1n) is 8.02. The van der Waals surface area contributed by atoms with Crippen LogP contribution in [0.1, 0.15) is 30.9 Å². The van der Waals surface area contributed by atoms with Crippen molar-refractivity contribution < 1.29 is 9.53 Å². The molecule has 0 aliphatic heterocycles. The molecule has 1 aliphatic carbocycles. The topological polar surface area (TPSA) is 56.1 Å². The molecule has 0 radical (unpaired) electrons. The minimum atomic E-state index is -0.311. The molecule has 0 fully saturated rings. The summed E-state index contributed by atoms with van der Waals surface area (Å²) in [7, 11) is 0. The molecule has 3 rings (SSSR count). The number of nitrogens with one attached hydrogen (secondary N) is 1. The van der Waals surface area contributed by atoms with Crippen LogP contribution < -0.4 is 10.1 Å². The average Bonchev–Trinajstić information content (AvgIpc) is 3.00. The summed E-state index contributed by atoms with van der Waals surface area (Å²) in [6.07, 6.45) is 10.5. The number of carbonyl (C=O) groups excluding carboxylic acids is 1. The van der Waals surface area contributed by atoms with E-state index in [4.69, 9.17) is 4.74 Å². The van der Waals surface area contributed by atoms with E-state index < -0.39 is 0 Å². The van der Waals surface area contributed by atoms with Gasteiger partial charge in [-0.3, -0.25) is 4.79 Å². The molecule has 1 aliphatic rings. The summed E-state index contributed by atoms with van der Waals surface area (Å²) in [6, 6.07) is 5.84. The van der Waals surface area contributed by atoms with Crippen LogP contribution in [0, 0.1) is 13.8 Å². The van der Waals surface area contributed by atoms with Crippen LogP contribution in [0.25, 0.3) is 5.70 Å². The Morgan fingerprint density at radius 1 is 1.25 bits per heavy atom. The second kappa shape index (κ2) is 6.74. The van der Waals surface area contributed by atoms with E-state index in [0.717, 1.165) is 41.2 Å². The van der Waals surface area contributed by atoms with Crippen LogP contribution in [0.2, 0.25) is 0 Å². The summed E-state index contributed by atoms with van der Waals surface area (Å²) in [5.41, 5.74) is 3.82. The van der Waals surface area contributed by atoms with Crippen LogP contribution in [0.15, 0.2) is 42.6 Å². The van der Waals surface area contributed by atoms with Gasteiger partial charge in [-0.05, 0) is 56.0 Å². The first-order valence-corrected chi connectivity index (χ1v) is 8.02. The third-order valence-electron chi connectivity index (χ3n) is 3.81. The van der Waals surface area contributed by atoms with E-state index in [1.807, 2.05) is 42.9 Å². The number of rotatable bonds is 4. The van der Waals surface area contributed by atoms with Crippen molar-refractivity contribution in [1.29, 1.82) is 0 Å². The van der Waals surface area contributed by atoms with Gasteiger partial charge in [0.2, 0.25) is 0 Å². The van der Waals surface area contributed by atoms with Gasteiger partial charge >= 0.3 is 5.97 Å². The van der Waals surface area contributed by atoms with E-state index in [1.165, 1.54) is 6.92 Å². The summed E-state index contributed by atoms with van der Waals surface area (Å²) >= 11 is 0. The zero-order valence-electron chi connectivity index (χ0n) is 14.2. The molecule has 5 nitrogen and oxygen atoms in total. The van der Waals surface area contributed by atoms with Crippen LogP contribution in [-0.2, 0) is 4.79 Å². The monoisotopic (exact) mass is 323 g/mol. The second-order valence-corrected chi connectivity index (χ2v) is 5.91. The maximum Gasteiger partial charge on any atom is 0.308 e. The lowest BCUT2D eigenvalue weighted by Crippen LogP contribution is -2.05. The molecule has 24 heavy (non-hydrogen) atoms. The van der Waals surface area contributed by atoms with E-state index in [-0.39, 0.29) is 5.97 Å². The molecule has 2 aromatic rings. The molecule has 0 saturated carbocycles. The van der Waals surface area contributed by atoms with Gasteiger partial charge in [0.1, 0.15) is 5.75 Å². The largest absolute Gasteiger partial charge is 0.426 e. The fourth-order valence-electron chi connectivity index (χ4n) is 2.78. The number of benzene rings is 1. The summed E-state index contributed by atoms with van der Waals surface area (Å²) < 4.78 is 7.13. The minimum Gasteiger partial charge on any atom is -0.426 e. The lowest BCUT2D eigenvalue weighted by molar-refractivity contribution is -0.131. The van der Waals surface area contributed by atoms with Crippen LogP contribution in [0.5, 0.6) is 5.75 Å². The summed E-state index contributed by atoms with van der Waals surface area (Å²) in [5, 5.41) is 7.86. The minimum absolute atomic E-state index is 0.311. The molecule has 0 amide bonds. The maximum atomic E-state index is 11.2. The second-order valence-electron chi connectivity index (χ2n) is 5.91. The Labute approximate surface area is 141 Å². The van der Waals surface area contributed by atoms with Crippen molar-refractivity contribution in [2.24, 2.45) is 0 Å². The van der Waals surface area contributed by atoms with E-state index in [0.29, 0.717) is 5.75 Å². The number of aryl methyl sites for hydroxylation is 2. The van der Waals surface area contributed by atoms with Crippen LogP contribution >= 0.6 is 0 Å². The van der Waals surface area contributed by atoms with Crippen molar-refractivity contribution in [3.63, 3.8) is 0 Å². The van der Waals surface area contributed by atoms with Gasteiger partial charge in [-0.25, -0.2) is 4.68 Å². The standard InChI is InChI=1S/C19H21N3O2/c1-13-11-16(12-14(2)19(13)24-15(3)23)20-18-9-10-22(21-18)17-7-5-4-6-8-17/h5,7-12H,4,6H2,1-3H3,(H,20,21). The smallest absolute Gasteiger partial charge is 0.308 e. The Morgan fingerprint density at radius 3 is 2.62 bits per heavy atom. The molecule has 1 N–H and O–H groups in total. The van der Waals surface area contributed by atoms with Gasteiger partial charge in [-0.15, -0.1) is 0 Å². The molecule has 0 spiro atoms. The van der Waals surface area contributed by atoms with E-state index in [2.05, 4.69) is 28.6 Å². The van der Waals surface area contributed by atoms with Gasteiger partial charge in [0, 0.05) is 24.9 Å². The van der Waals surface area contributed by atoms with Crippen molar-refractivity contribution in [2.75, 3.05) is 5.32 Å². The summed E-state index contributed by atoms with van der Waals surface area (Å²) in [6.45, 7) is 5.26. The Balaban J connectivity index is 1.79. The molecular weight excluding hydrogens is 302 g/mol. The molecule has 1 aromatic carbocycles. The normalized spacial score (nSPS) is 13.5. The number of nitrogens with zero attached hydrogens (tertiary/aromatic N) is 2. The number of anilines is 2. The van der Waals surface area contributed by atoms with Crippen LogP contribution in [0.4, 0.5) is 11.5 Å². The first-order chi connectivity index (χ1) is 11.5. The molecule has 1 aromatic heterocycles. The van der Waals surface area contributed by atoms with Gasteiger partial charge in [0.15, 0.2) is 5.82 Å². The number of esters is 1. The number of ether oxygens (including phenoxy) is 1. The molecule has 0 bridgehead atoms. The van der Waals surface area contributed by atoms with Gasteiger partial charge in [-0.2, -0.15) is 5.10 Å². The fraction of sp³-hybridized carbons (Fsp3) is 0.263. The van der Waals surface area contributed by atoms with E-state index in [1.54, 1.807) is 0 Å². The quantitative estimate of drug-likeness (QED) is 0.671. The highest BCUT2D eigenvalue weighted by Crippen LogP contribution is 2.29. The lowest BCUT2D eigenvalue weighted by atomic mass is 10.1. The van der Waals surface area contributed by atoms with Gasteiger partial charge in [0.25, 0.3) is 0 Å². The van der Waals surface area contributed by atoms with Gasteiger partial charge in [-0.1, -0.05) is 12.2 Å². The van der Waals surface area contributed by atoms with E-state index >= 15 is 0 Å². The molecule has 0 atom stereocenters.